The number of halogens is 3. The molecule has 1 amide bonds. The van der Waals surface area contributed by atoms with Crippen LogP contribution in [0.3, 0.4) is 0 Å². The van der Waals surface area contributed by atoms with Gasteiger partial charge in [0.05, 0.1) is 24.3 Å². The van der Waals surface area contributed by atoms with Crippen LogP contribution in [0.15, 0.2) is 71.1 Å². The van der Waals surface area contributed by atoms with Crippen LogP contribution in [0.4, 0.5) is 20.3 Å². The van der Waals surface area contributed by atoms with E-state index in [0.717, 1.165) is 11.3 Å². The van der Waals surface area contributed by atoms with Gasteiger partial charge in [0.1, 0.15) is 17.3 Å². The first kappa shape index (κ1) is 24.1. The van der Waals surface area contributed by atoms with E-state index >= 15 is 0 Å². The van der Waals surface area contributed by atoms with Gasteiger partial charge in [-0.25, -0.2) is 9.99 Å². The summed E-state index contributed by atoms with van der Waals surface area (Å²) in [5.74, 6) is -3.74. The van der Waals surface area contributed by atoms with Crippen LogP contribution in [0.25, 0.3) is 0 Å². The molecule has 0 fully saturated rings. The van der Waals surface area contributed by atoms with E-state index in [1.165, 1.54) is 30.5 Å². The summed E-state index contributed by atoms with van der Waals surface area (Å²) in [4.78, 5) is 20.2. The van der Waals surface area contributed by atoms with Gasteiger partial charge in [0.15, 0.2) is 0 Å². The predicted molar refractivity (Wildman–Crippen MR) is 125 cm³/mol. The SMILES string of the molecule is O=C(Cc1nc(NCC(F)(F)c2ccccn2)ccc1O)NCc1ccc(N2NN=NC2Cl)cc1. The smallest absolute Gasteiger partial charge is 0.306 e. The number of hydrogen-bond donors (Lipinski definition) is 4. The van der Waals surface area contributed by atoms with Crippen molar-refractivity contribution in [3.8, 4) is 5.75 Å². The number of benzene rings is 1. The summed E-state index contributed by atoms with van der Waals surface area (Å²) in [6.45, 7) is -0.510. The van der Waals surface area contributed by atoms with Crippen molar-refractivity contribution in [3.05, 3.63) is 77.7 Å². The highest BCUT2D eigenvalue weighted by Gasteiger charge is 2.33. The average Bonchev–Trinajstić information content (AvgIpc) is 3.30. The van der Waals surface area contributed by atoms with Crippen LogP contribution in [0.5, 0.6) is 5.75 Å². The van der Waals surface area contributed by atoms with Gasteiger partial charge in [0, 0.05) is 12.7 Å². The van der Waals surface area contributed by atoms with Crippen molar-refractivity contribution in [2.45, 2.75) is 24.5 Å². The van der Waals surface area contributed by atoms with Crippen molar-refractivity contribution in [1.82, 2.24) is 20.8 Å². The molecule has 0 radical (unpaired) electrons. The van der Waals surface area contributed by atoms with Crippen LogP contribution in [0.1, 0.15) is 17.0 Å². The molecule has 1 unspecified atom stereocenters. The van der Waals surface area contributed by atoms with Crippen molar-refractivity contribution in [1.29, 1.82) is 0 Å². The van der Waals surface area contributed by atoms with Gasteiger partial charge in [-0.2, -0.15) is 14.3 Å². The lowest BCUT2D eigenvalue weighted by atomic mass is 10.2. The fraction of sp³-hybridized carbons (Fsp3) is 0.227. The predicted octanol–water partition coefficient (Wildman–Crippen LogP) is 3.46. The molecule has 0 spiro atoms. The Morgan fingerprint density at radius 3 is 2.66 bits per heavy atom. The topological polar surface area (TPSA) is 127 Å². The summed E-state index contributed by atoms with van der Waals surface area (Å²) in [5.41, 5.74) is 3.28. The Morgan fingerprint density at radius 2 is 1.97 bits per heavy atom. The maximum atomic E-state index is 14.3. The second-order valence-corrected chi connectivity index (χ2v) is 7.94. The molecule has 13 heteroatoms. The number of nitrogens with zero attached hydrogens (tertiary/aromatic N) is 5. The number of hydrogen-bond acceptors (Lipinski definition) is 9. The number of amides is 1. The largest absolute Gasteiger partial charge is 0.506 e. The van der Waals surface area contributed by atoms with Crippen LogP contribution >= 0.6 is 11.6 Å². The van der Waals surface area contributed by atoms with Gasteiger partial charge < -0.3 is 15.7 Å². The standard InChI is InChI=1S/C22H21ClF2N8O2/c23-21-30-31-32-33(21)15-6-4-14(5-7-15)12-27-20(35)11-16-17(34)8-9-19(29-16)28-13-22(24,25)18-3-1-2-10-26-18/h1-10,21,34H,11-13H2,(H,27,35)(H,28,29)(H,30,32). The van der Waals surface area contributed by atoms with Crippen molar-refractivity contribution in [2.24, 2.45) is 10.3 Å². The van der Waals surface area contributed by atoms with E-state index in [1.54, 1.807) is 35.3 Å². The van der Waals surface area contributed by atoms with E-state index < -0.39 is 24.0 Å². The van der Waals surface area contributed by atoms with Gasteiger partial charge in [-0.3, -0.25) is 9.78 Å². The zero-order valence-corrected chi connectivity index (χ0v) is 19.0. The molecule has 1 aliphatic heterocycles. The molecule has 1 atom stereocenters. The summed E-state index contributed by atoms with van der Waals surface area (Å²) in [7, 11) is 0. The van der Waals surface area contributed by atoms with Gasteiger partial charge >= 0.3 is 5.92 Å². The van der Waals surface area contributed by atoms with Crippen molar-refractivity contribution < 1.29 is 18.7 Å². The lowest BCUT2D eigenvalue weighted by Crippen LogP contribution is -2.34. The first-order valence-electron chi connectivity index (χ1n) is 10.5. The second kappa shape index (κ2) is 10.5. The van der Waals surface area contributed by atoms with Crippen LogP contribution < -0.4 is 21.2 Å². The molecular formula is C22H21ClF2N8O2. The summed E-state index contributed by atoms with van der Waals surface area (Å²) in [6, 6.07) is 14.1. The molecule has 182 valence electrons. The minimum atomic E-state index is -3.23. The van der Waals surface area contributed by atoms with E-state index in [4.69, 9.17) is 11.6 Å². The number of rotatable bonds is 9. The minimum Gasteiger partial charge on any atom is -0.506 e. The zero-order valence-electron chi connectivity index (χ0n) is 18.2. The molecule has 0 aliphatic carbocycles. The molecule has 3 heterocycles. The molecule has 0 saturated heterocycles. The Balaban J connectivity index is 1.31. The number of hydrazine groups is 1. The maximum Gasteiger partial charge on any atom is 0.306 e. The lowest BCUT2D eigenvalue weighted by molar-refractivity contribution is -0.120. The van der Waals surface area contributed by atoms with Gasteiger partial charge in [0.25, 0.3) is 0 Å². The van der Waals surface area contributed by atoms with E-state index in [1.807, 2.05) is 0 Å². The molecule has 0 bridgehead atoms. The van der Waals surface area contributed by atoms with E-state index in [0.29, 0.717) is 0 Å². The molecule has 0 saturated carbocycles. The zero-order chi connectivity index (χ0) is 24.8. The molecule has 4 rings (SSSR count). The number of carbonyl (C=O) groups excluding carboxylic acids is 1. The molecule has 4 N–H and O–H groups in total. The quantitative estimate of drug-likeness (QED) is 0.260. The normalized spacial score (nSPS) is 15.1. The Bertz CT molecular complexity index is 1200. The Labute approximate surface area is 204 Å². The van der Waals surface area contributed by atoms with Gasteiger partial charge in [-0.1, -0.05) is 35.0 Å². The number of carbonyl (C=O) groups is 1. The molecule has 10 nitrogen and oxygen atoms in total. The molecule has 35 heavy (non-hydrogen) atoms. The molecule has 1 aromatic carbocycles. The van der Waals surface area contributed by atoms with Crippen LogP contribution in [-0.4, -0.2) is 33.2 Å². The Kier molecular flexibility index (Phi) is 7.20. The first-order valence-corrected chi connectivity index (χ1v) is 10.9. The van der Waals surface area contributed by atoms with Crippen molar-refractivity contribution in [2.75, 3.05) is 16.9 Å². The maximum absolute atomic E-state index is 14.3. The fourth-order valence-corrected chi connectivity index (χ4v) is 3.39. The molecule has 3 aromatic rings. The molecule has 2 aromatic heterocycles. The van der Waals surface area contributed by atoms with E-state index in [9.17, 15) is 18.7 Å². The minimum absolute atomic E-state index is 0.0600. The average molecular weight is 503 g/mol. The highest BCUT2D eigenvalue weighted by atomic mass is 35.5. The van der Waals surface area contributed by atoms with Gasteiger partial charge in [-0.15, -0.1) is 5.11 Å². The number of nitrogens with one attached hydrogen (secondary N) is 3. The third-order valence-electron chi connectivity index (χ3n) is 5.03. The number of alkyl halides is 3. The molecular weight excluding hydrogens is 482 g/mol. The molecule has 1 aliphatic rings. The van der Waals surface area contributed by atoms with Crippen LogP contribution in [0.2, 0.25) is 0 Å². The first-order chi connectivity index (χ1) is 16.8. The highest BCUT2D eigenvalue weighted by molar-refractivity contribution is 6.21. The summed E-state index contributed by atoms with van der Waals surface area (Å²) in [6.07, 6.45) is 1.06. The van der Waals surface area contributed by atoms with E-state index in [-0.39, 0.29) is 35.9 Å². The van der Waals surface area contributed by atoms with Crippen LogP contribution in [-0.2, 0) is 23.7 Å². The fourth-order valence-electron chi connectivity index (χ4n) is 3.19. The summed E-state index contributed by atoms with van der Waals surface area (Å²) >= 11 is 6.00. The van der Waals surface area contributed by atoms with Crippen LogP contribution in [0, 0.1) is 0 Å². The third kappa shape index (κ3) is 6.09. The van der Waals surface area contributed by atoms with Gasteiger partial charge in [-0.05, 0) is 42.0 Å². The van der Waals surface area contributed by atoms with Crippen molar-refractivity contribution in [3.63, 3.8) is 0 Å². The lowest BCUT2D eigenvalue weighted by Gasteiger charge is -2.18. The summed E-state index contributed by atoms with van der Waals surface area (Å²) < 4.78 is 28.7. The second-order valence-electron chi connectivity index (χ2n) is 7.55. The number of anilines is 2. The van der Waals surface area contributed by atoms with Gasteiger partial charge in [0.2, 0.25) is 11.5 Å². The summed E-state index contributed by atoms with van der Waals surface area (Å²) in [5, 5.41) is 24.3. The Hall–Kier alpha value is -4.06. The third-order valence-corrected chi connectivity index (χ3v) is 5.31. The number of aromatic nitrogens is 2. The van der Waals surface area contributed by atoms with Crippen molar-refractivity contribution >= 4 is 29.0 Å². The Morgan fingerprint density at radius 1 is 1.17 bits per heavy atom. The number of pyridine rings is 2. The van der Waals surface area contributed by atoms with E-state index in [2.05, 4.69) is 36.5 Å². The highest BCUT2D eigenvalue weighted by Crippen LogP contribution is 2.27. The number of aromatic hydroxyl groups is 1. The monoisotopic (exact) mass is 502 g/mol.